The lowest BCUT2D eigenvalue weighted by atomic mass is 10.0. The third-order valence-corrected chi connectivity index (χ3v) is 3.55. The summed E-state index contributed by atoms with van der Waals surface area (Å²) in [6, 6.07) is 0. The lowest BCUT2D eigenvalue weighted by Gasteiger charge is -2.23. The van der Waals surface area contributed by atoms with Gasteiger partial charge in [-0.1, -0.05) is 6.92 Å². The number of alkyl halides is 2. The van der Waals surface area contributed by atoms with Gasteiger partial charge in [0.05, 0.1) is 11.3 Å². The molecule has 0 radical (unpaired) electrons. The molecule has 0 aromatic heterocycles. The number of halogens is 2. The van der Waals surface area contributed by atoms with Crippen molar-refractivity contribution in [2.24, 2.45) is 5.73 Å². The second-order valence-corrected chi connectivity index (χ2v) is 5.70. The Morgan fingerprint density at radius 1 is 1.47 bits per heavy atom. The molecule has 1 atom stereocenters. The molecule has 0 aromatic carbocycles. The first-order valence-corrected chi connectivity index (χ1v) is 6.41. The van der Waals surface area contributed by atoms with E-state index in [0.717, 1.165) is 0 Å². The highest BCUT2D eigenvalue weighted by molar-refractivity contribution is 7.89. The number of nitrogens with one attached hydrogen (secondary N) is 1. The van der Waals surface area contributed by atoms with E-state index in [2.05, 4.69) is 4.72 Å². The average molecular weight is 244 g/mol. The van der Waals surface area contributed by atoms with Gasteiger partial charge < -0.3 is 5.73 Å². The Balaban J connectivity index is 4.00. The molecule has 0 aliphatic carbocycles. The van der Waals surface area contributed by atoms with Crippen LogP contribution in [0.4, 0.5) is 8.78 Å². The normalized spacial score (nSPS) is 16.7. The Labute approximate surface area is 89.3 Å². The van der Waals surface area contributed by atoms with Crippen molar-refractivity contribution >= 4 is 10.0 Å². The third-order valence-electron chi connectivity index (χ3n) is 1.96. The largest absolute Gasteiger partial charge is 0.321 e. The molecule has 0 bridgehead atoms. The van der Waals surface area contributed by atoms with E-state index < -0.39 is 22.0 Å². The minimum atomic E-state index is -3.33. The zero-order valence-electron chi connectivity index (χ0n) is 8.96. The quantitative estimate of drug-likeness (QED) is 0.692. The van der Waals surface area contributed by atoms with Gasteiger partial charge in [0.15, 0.2) is 0 Å². The molecule has 0 heterocycles. The smallest absolute Gasteiger partial charge is 0.256 e. The molecule has 4 nitrogen and oxygen atoms in total. The van der Waals surface area contributed by atoms with Crippen molar-refractivity contribution < 1.29 is 17.2 Å². The first kappa shape index (κ1) is 14.7. The second-order valence-electron chi connectivity index (χ2n) is 3.77. The molecule has 0 amide bonds. The SMILES string of the molecule is CCCS(=O)(=O)NCCC(C)(N)C(F)F. The van der Waals surface area contributed by atoms with Gasteiger partial charge in [-0.2, -0.15) is 0 Å². The minimum absolute atomic E-state index is 0.00294. The highest BCUT2D eigenvalue weighted by atomic mass is 32.2. The Kier molecular flexibility index (Phi) is 5.61. The average Bonchev–Trinajstić information content (AvgIpc) is 2.02. The van der Waals surface area contributed by atoms with Gasteiger partial charge in [0.1, 0.15) is 0 Å². The van der Waals surface area contributed by atoms with Gasteiger partial charge in [0.2, 0.25) is 10.0 Å². The minimum Gasteiger partial charge on any atom is -0.321 e. The molecule has 1 unspecified atom stereocenters. The summed E-state index contributed by atoms with van der Waals surface area (Å²) in [6.07, 6.45) is -2.26. The van der Waals surface area contributed by atoms with Gasteiger partial charge in [0, 0.05) is 6.54 Å². The van der Waals surface area contributed by atoms with Crippen molar-refractivity contribution in [2.45, 2.75) is 38.7 Å². The summed E-state index contributed by atoms with van der Waals surface area (Å²) in [5.41, 5.74) is 3.63. The lowest BCUT2D eigenvalue weighted by Crippen LogP contribution is -2.46. The Bertz CT molecular complexity index is 278. The van der Waals surface area contributed by atoms with Crippen molar-refractivity contribution in [2.75, 3.05) is 12.3 Å². The molecule has 0 spiro atoms. The Morgan fingerprint density at radius 2 is 2.00 bits per heavy atom. The molecule has 0 saturated heterocycles. The van der Waals surface area contributed by atoms with E-state index in [1.165, 1.54) is 6.92 Å². The van der Waals surface area contributed by atoms with E-state index in [9.17, 15) is 17.2 Å². The Morgan fingerprint density at radius 3 is 2.40 bits per heavy atom. The number of rotatable bonds is 7. The fourth-order valence-electron chi connectivity index (χ4n) is 0.926. The molecule has 0 aliphatic rings. The van der Waals surface area contributed by atoms with Crippen LogP contribution in [0.2, 0.25) is 0 Å². The van der Waals surface area contributed by atoms with E-state index in [1.54, 1.807) is 6.92 Å². The van der Waals surface area contributed by atoms with Crippen LogP contribution in [0.1, 0.15) is 26.7 Å². The van der Waals surface area contributed by atoms with Gasteiger partial charge in [-0.15, -0.1) is 0 Å². The molecule has 0 saturated carbocycles. The summed E-state index contributed by atoms with van der Waals surface area (Å²) in [7, 11) is -3.33. The summed E-state index contributed by atoms with van der Waals surface area (Å²) in [5, 5.41) is 0. The Hall–Kier alpha value is -0.270. The summed E-state index contributed by atoms with van der Waals surface area (Å²) >= 11 is 0. The van der Waals surface area contributed by atoms with Crippen LogP contribution in [0.15, 0.2) is 0 Å². The number of nitrogens with two attached hydrogens (primary N) is 1. The molecule has 92 valence electrons. The van der Waals surface area contributed by atoms with Crippen molar-refractivity contribution in [1.82, 2.24) is 4.72 Å². The molecule has 15 heavy (non-hydrogen) atoms. The molecular weight excluding hydrogens is 226 g/mol. The van der Waals surface area contributed by atoms with Crippen LogP contribution >= 0.6 is 0 Å². The van der Waals surface area contributed by atoms with Crippen LogP contribution < -0.4 is 10.5 Å². The van der Waals surface area contributed by atoms with Crippen molar-refractivity contribution in [3.05, 3.63) is 0 Å². The van der Waals surface area contributed by atoms with E-state index in [-0.39, 0.29) is 18.7 Å². The van der Waals surface area contributed by atoms with Crippen LogP contribution in [0, 0.1) is 0 Å². The first-order valence-electron chi connectivity index (χ1n) is 4.75. The molecule has 0 rings (SSSR count). The van der Waals surface area contributed by atoms with E-state index in [0.29, 0.717) is 6.42 Å². The zero-order chi connectivity index (χ0) is 12.1. The maximum absolute atomic E-state index is 12.3. The number of hydrogen-bond acceptors (Lipinski definition) is 3. The van der Waals surface area contributed by atoms with Crippen LogP contribution in [-0.4, -0.2) is 32.7 Å². The molecular formula is C8H18F2N2O2S. The summed E-state index contributed by atoms with van der Waals surface area (Å²) in [5.74, 6) is 0.00294. The van der Waals surface area contributed by atoms with Crippen LogP contribution in [0.3, 0.4) is 0 Å². The predicted molar refractivity (Wildman–Crippen MR) is 55.3 cm³/mol. The summed E-state index contributed by atoms with van der Waals surface area (Å²) in [4.78, 5) is 0. The highest BCUT2D eigenvalue weighted by Gasteiger charge is 2.29. The monoisotopic (exact) mass is 244 g/mol. The van der Waals surface area contributed by atoms with Crippen LogP contribution in [0.25, 0.3) is 0 Å². The van der Waals surface area contributed by atoms with Crippen LogP contribution in [-0.2, 0) is 10.0 Å². The van der Waals surface area contributed by atoms with E-state index in [4.69, 9.17) is 5.73 Å². The molecule has 7 heteroatoms. The van der Waals surface area contributed by atoms with Gasteiger partial charge in [-0.3, -0.25) is 0 Å². The predicted octanol–water partition coefficient (Wildman–Crippen LogP) is 0.688. The van der Waals surface area contributed by atoms with Gasteiger partial charge in [-0.05, 0) is 19.8 Å². The maximum Gasteiger partial charge on any atom is 0.256 e. The van der Waals surface area contributed by atoms with Crippen molar-refractivity contribution in [1.29, 1.82) is 0 Å². The number of hydrogen-bond donors (Lipinski definition) is 2. The second kappa shape index (κ2) is 5.72. The number of sulfonamides is 1. The van der Waals surface area contributed by atoms with E-state index in [1.807, 2.05) is 0 Å². The van der Waals surface area contributed by atoms with Gasteiger partial charge in [0.25, 0.3) is 6.43 Å². The lowest BCUT2D eigenvalue weighted by molar-refractivity contribution is 0.0598. The molecule has 3 N–H and O–H groups in total. The summed E-state index contributed by atoms with van der Waals surface area (Å²) in [6.45, 7) is 2.87. The first-order chi connectivity index (χ1) is 6.71. The van der Waals surface area contributed by atoms with Crippen LogP contribution in [0.5, 0.6) is 0 Å². The summed E-state index contributed by atoms with van der Waals surface area (Å²) < 4.78 is 49.1. The topological polar surface area (TPSA) is 72.2 Å². The van der Waals surface area contributed by atoms with Crippen molar-refractivity contribution in [3.63, 3.8) is 0 Å². The molecule has 0 aliphatic heterocycles. The fourth-order valence-corrected chi connectivity index (χ4v) is 2.02. The zero-order valence-corrected chi connectivity index (χ0v) is 9.78. The maximum atomic E-state index is 12.3. The molecule has 0 fully saturated rings. The molecule has 0 aromatic rings. The highest BCUT2D eigenvalue weighted by Crippen LogP contribution is 2.15. The van der Waals surface area contributed by atoms with E-state index >= 15 is 0 Å². The van der Waals surface area contributed by atoms with Gasteiger partial charge >= 0.3 is 0 Å². The van der Waals surface area contributed by atoms with Crippen molar-refractivity contribution in [3.8, 4) is 0 Å². The fraction of sp³-hybridized carbons (Fsp3) is 1.00. The third kappa shape index (κ3) is 6.01. The standard InChI is InChI=1S/C8H18F2N2O2S/c1-3-6-15(13,14)12-5-4-8(2,11)7(9)10/h7,12H,3-6,11H2,1-2H3. The van der Waals surface area contributed by atoms with Gasteiger partial charge in [-0.25, -0.2) is 21.9 Å².